The molecule has 0 radical (unpaired) electrons. The summed E-state index contributed by atoms with van der Waals surface area (Å²) < 4.78 is 0. The lowest BCUT2D eigenvalue weighted by molar-refractivity contribution is 0.0966. The van der Waals surface area contributed by atoms with E-state index in [1.807, 2.05) is 24.3 Å². The summed E-state index contributed by atoms with van der Waals surface area (Å²) in [6.45, 7) is 8.73. The Morgan fingerprint density at radius 3 is 2.50 bits per heavy atom. The Hall–Kier alpha value is -1.15. The molecule has 2 rings (SSSR count). The third-order valence-corrected chi connectivity index (χ3v) is 3.69. The van der Waals surface area contributed by atoms with Gasteiger partial charge in [-0.15, -0.1) is 24.0 Å². The summed E-state index contributed by atoms with van der Waals surface area (Å²) in [5, 5.41) is 6.35. The van der Waals surface area contributed by atoms with E-state index in [4.69, 9.17) is 0 Å². The molecule has 0 aliphatic carbocycles. The first-order valence-electron chi connectivity index (χ1n) is 7.64. The molecule has 1 heterocycles. The van der Waals surface area contributed by atoms with E-state index < -0.39 is 0 Å². The number of ketones is 1. The number of carbonyl (C=O) groups excluding carboxylic acids is 1. The molecule has 2 N–H and O–H groups in total. The van der Waals surface area contributed by atoms with Crippen LogP contribution in [0.15, 0.2) is 29.3 Å². The lowest BCUT2D eigenvalue weighted by atomic mass is 10.1. The van der Waals surface area contributed by atoms with Crippen LogP contribution in [0.1, 0.15) is 30.6 Å². The summed E-state index contributed by atoms with van der Waals surface area (Å²) in [4.78, 5) is 18.7. The van der Waals surface area contributed by atoms with Crippen LogP contribution in [0.5, 0.6) is 0 Å². The lowest BCUT2D eigenvalue weighted by Gasteiger charge is -2.17. The van der Waals surface area contributed by atoms with Gasteiger partial charge in [0.15, 0.2) is 11.7 Å². The average Bonchev–Trinajstić information content (AvgIpc) is 3.02. The standard InChI is InChI=1S/C16H24N4O.HI/c1-3-20(4-2)12-9-15(21)13-5-7-14(8-6-13)19-16-17-10-11-18-16;/h5-8H,3-4,9-12H2,1-2H3,(H2,17,18,19);1H. The lowest BCUT2D eigenvalue weighted by Crippen LogP contribution is -2.26. The number of hydrogen-bond donors (Lipinski definition) is 2. The highest BCUT2D eigenvalue weighted by molar-refractivity contribution is 14.0. The maximum atomic E-state index is 12.2. The zero-order valence-electron chi connectivity index (χ0n) is 13.3. The zero-order chi connectivity index (χ0) is 15.1. The van der Waals surface area contributed by atoms with Crippen LogP contribution in [0.4, 0.5) is 5.69 Å². The van der Waals surface area contributed by atoms with Gasteiger partial charge in [-0.25, -0.2) is 0 Å². The second-order valence-electron chi connectivity index (χ2n) is 5.06. The summed E-state index contributed by atoms with van der Waals surface area (Å²) >= 11 is 0. The molecule has 0 amide bonds. The molecule has 1 aromatic carbocycles. The fraction of sp³-hybridized carbons (Fsp3) is 0.500. The molecule has 0 spiro atoms. The van der Waals surface area contributed by atoms with E-state index in [2.05, 4.69) is 34.4 Å². The minimum atomic E-state index is 0. The zero-order valence-corrected chi connectivity index (χ0v) is 15.6. The Bertz CT molecular complexity index is 497. The van der Waals surface area contributed by atoms with Crippen LogP contribution in [-0.4, -0.2) is 49.4 Å². The van der Waals surface area contributed by atoms with Crippen molar-refractivity contribution >= 4 is 41.4 Å². The van der Waals surface area contributed by atoms with Crippen LogP contribution in [0.3, 0.4) is 0 Å². The Kier molecular flexibility index (Phi) is 8.40. The molecular formula is C16H25IN4O. The quantitative estimate of drug-likeness (QED) is 0.530. The van der Waals surface area contributed by atoms with Gasteiger partial charge in [0.25, 0.3) is 0 Å². The molecule has 0 bridgehead atoms. The first-order valence-corrected chi connectivity index (χ1v) is 7.64. The van der Waals surface area contributed by atoms with E-state index in [1.54, 1.807) is 0 Å². The maximum absolute atomic E-state index is 12.2. The van der Waals surface area contributed by atoms with Crippen LogP contribution >= 0.6 is 24.0 Å². The molecule has 0 atom stereocenters. The van der Waals surface area contributed by atoms with E-state index in [0.29, 0.717) is 6.42 Å². The predicted octanol–water partition coefficient (Wildman–Crippen LogP) is 2.59. The highest BCUT2D eigenvalue weighted by Crippen LogP contribution is 2.12. The molecule has 6 heteroatoms. The molecule has 1 aromatic rings. The number of nitrogens with zero attached hydrogens (tertiary/aromatic N) is 2. The normalized spacial score (nSPS) is 13.3. The van der Waals surface area contributed by atoms with Gasteiger partial charge < -0.3 is 15.5 Å². The molecule has 22 heavy (non-hydrogen) atoms. The van der Waals surface area contributed by atoms with Crippen molar-refractivity contribution in [3.05, 3.63) is 29.8 Å². The summed E-state index contributed by atoms with van der Waals surface area (Å²) in [6, 6.07) is 7.60. The molecule has 1 aliphatic rings. The molecule has 0 aromatic heterocycles. The molecule has 0 saturated carbocycles. The van der Waals surface area contributed by atoms with Crippen molar-refractivity contribution in [2.45, 2.75) is 20.3 Å². The van der Waals surface area contributed by atoms with Crippen LogP contribution in [0.25, 0.3) is 0 Å². The topological polar surface area (TPSA) is 56.7 Å². The number of rotatable bonds is 7. The fourth-order valence-corrected chi connectivity index (χ4v) is 2.30. The highest BCUT2D eigenvalue weighted by Gasteiger charge is 2.09. The second kappa shape index (κ2) is 9.78. The molecule has 1 aliphatic heterocycles. The van der Waals surface area contributed by atoms with Crippen molar-refractivity contribution in [2.24, 2.45) is 4.99 Å². The van der Waals surface area contributed by atoms with Crippen molar-refractivity contribution in [2.75, 3.05) is 38.0 Å². The third-order valence-electron chi connectivity index (χ3n) is 3.69. The minimum Gasteiger partial charge on any atom is -0.354 e. The van der Waals surface area contributed by atoms with Gasteiger partial charge in [0.2, 0.25) is 0 Å². The number of anilines is 1. The Labute approximate surface area is 149 Å². The van der Waals surface area contributed by atoms with Crippen molar-refractivity contribution in [3.8, 4) is 0 Å². The van der Waals surface area contributed by atoms with E-state index >= 15 is 0 Å². The van der Waals surface area contributed by atoms with Gasteiger partial charge in [0.05, 0.1) is 6.54 Å². The van der Waals surface area contributed by atoms with E-state index in [-0.39, 0.29) is 29.8 Å². The molecule has 0 saturated heterocycles. The van der Waals surface area contributed by atoms with Gasteiger partial charge in [-0.3, -0.25) is 9.79 Å². The molecule has 0 fully saturated rings. The number of aliphatic imine (C=N–C) groups is 1. The van der Waals surface area contributed by atoms with Crippen molar-refractivity contribution in [3.63, 3.8) is 0 Å². The first-order chi connectivity index (χ1) is 10.2. The number of benzene rings is 1. The Balaban J connectivity index is 0.00000242. The van der Waals surface area contributed by atoms with Gasteiger partial charge in [-0.1, -0.05) is 13.8 Å². The second-order valence-corrected chi connectivity index (χ2v) is 5.06. The van der Waals surface area contributed by atoms with E-state index in [9.17, 15) is 4.79 Å². The van der Waals surface area contributed by atoms with E-state index in [0.717, 1.165) is 49.9 Å². The number of Topliss-reactive ketones (excluding diaryl/α,β-unsaturated/α-hetero) is 1. The van der Waals surface area contributed by atoms with Crippen LogP contribution in [0.2, 0.25) is 0 Å². The predicted molar refractivity (Wildman–Crippen MR) is 103 cm³/mol. The molecule has 5 nitrogen and oxygen atoms in total. The van der Waals surface area contributed by atoms with Gasteiger partial charge in [0.1, 0.15) is 0 Å². The van der Waals surface area contributed by atoms with Crippen LogP contribution in [0, 0.1) is 0 Å². The van der Waals surface area contributed by atoms with Gasteiger partial charge in [0, 0.05) is 30.8 Å². The third kappa shape index (κ3) is 5.57. The molecular weight excluding hydrogens is 391 g/mol. The number of nitrogens with one attached hydrogen (secondary N) is 2. The Morgan fingerprint density at radius 2 is 1.95 bits per heavy atom. The van der Waals surface area contributed by atoms with Crippen LogP contribution in [-0.2, 0) is 0 Å². The largest absolute Gasteiger partial charge is 0.354 e. The fourth-order valence-electron chi connectivity index (χ4n) is 2.30. The van der Waals surface area contributed by atoms with Gasteiger partial charge in [-0.05, 0) is 37.4 Å². The van der Waals surface area contributed by atoms with Crippen molar-refractivity contribution in [1.29, 1.82) is 0 Å². The van der Waals surface area contributed by atoms with Crippen LogP contribution < -0.4 is 10.6 Å². The Morgan fingerprint density at radius 1 is 1.27 bits per heavy atom. The number of halogens is 1. The maximum Gasteiger partial charge on any atom is 0.195 e. The van der Waals surface area contributed by atoms with Gasteiger partial charge in [-0.2, -0.15) is 0 Å². The number of carbonyl (C=O) groups is 1. The number of hydrogen-bond acceptors (Lipinski definition) is 5. The summed E-state index contributed by atoms with van der Waals surface area (Å²) in [7, 11) is 0. The molecule has 122 valence electrons. The SMILES string of the molecule is CCN(CC)CCC(=O)c1ccc(NC2=NCCN2)cc1.I. The minimum absolute atomic E-state index is 0. The monoisotopic (exact) mass is 416 g/mol. The van der Waals surface area contributed by atoms with E-state index in [1.165, 1.54) is 0 Å². The summed E-state index contributed by atoms with van der Waals surface area (Å²) in [5.74, 6) is 1.00. The van der Waals surface area contributed by atoms with Crippen molar-refractivity contribution in [1.82, 2.24) is 10.2 Å². The van der Waals surface area contributed by atoms with Gasteiger partial charge >= 0.3 is 0 Å². The smallest absolute Gasteiger partial charge is 0.195 e. The summed E-state index contributed by atoms with van der Waals surface area (Å²) in [6.07, 6.45) is 0.572. The first kappa shape index (κ1) is 18.9. The molecule has 0 unspecified atom stereocenters. The average molecular weight is 416 g/mol. The highest BCUT2D eigenvalue weighted by atomic mass is 127. The van der Waals surface area contributed by atoms with Crippen molar-refractivity contribution < 1.29 is 4.79 Å². The summed E-state index contributed by atoms with van der Waals surface area (Å²) in [5.41, 5.74) is 1.72. The number of guanidine groups is 1.